The summed E-state index contributed by atoms with van der Waals surface area (Å²) < 4.78 is 0. The van der Waals surface area contributed by atoms with E-state index in [1.807, 2.05) is 37.3 Å². The van der Waals surface area contributed by atoms with Crippen LogP contribution in [0.25, 0.3) is 0 Å². The zero-order valence-electron chi connectivity index (χ0n) is 10.2. The second-order valence-electron chi connectivity index (χ2n) is 4.59. The quantitative estimate of drug-likeness (QED) is 0.875. The number of aryl methyl sites for hydroxylation is 1. The number of rotatable bonds is 3. The van der Waals surface area contributed by atoms with E-state index in [4.69, 9.17) is 11.5 Å². The largest absolute Gasteiger partial charge is 0.321 e. The molecular formula is C14H18N2S. The summed E-state index contributed by atoms with van der Waals surface area (Å²) in [6.07, 6.45) is 0. The highest BCUT2D eigenvalue weighted by Gasteiger charge is 2.31. The van der Waals surface area contributed by atoms with Crippen LogP contribution in [0.15, 0.2) is 41.8 Å². The van der Waals surface area contributed by atoms with Crippen LogP contribution in [0.5, 0.6) is 0 Å². The van der Waals surface area contributed by atoms with Crippen LogP contribution in [0, 0.1) is 6.92 Å². The van der Waals surface area contributed by atoms with E-state index >= 15 is 0 Å². The molecule has 3 heteroatoms. The lowest BCUT2D eigenvalue weighted by Gasteiger charge is -2.32. The summed E-state index contributed by atoms with van der Waals surface area (Å²) in [6, 6.07) is 11.9. The zero-order valence-corrected chi connectivity index (χ0v) is 11.0. The molecule has 0 fully saturated rings. The molecule has 2 unspecified atom stereocenters. The van der Waals surface area contributed by atoms with E-state index in [-0.39, 0.29) is 6.04 Å². The Morgan fingerprint density at radius 1 is 1.18 bits per heavy atom. The summed E-state index contributed by atoms with van der Waals surface area (Å²) in [7, 11) is 0. The van der Waals surface area contributed by atoms with Gasteiger partial charge in [0.25, 0.3) is 0 Å². The summed E-state index contributed by atoms with van der Waals surface area (Å²) in [5, 5.41) is 2.06. The fraction of sp³-hybridized carbons (Fsp3) is 0.286. The first-order chi connectivity index (χ1) is 8.03. The molecule has 0 aliphatic carbocycles. The smallest absolute Gasteiger partial charge is 0.0614 e. The van der Waals surface area contributed by atoms with Gasteiger partial charge in [0.15, 0.2) is 0 Å². The molecule has 2 nitrogen and oxygen atoms in total. The number of hydrogen-bond acceptors (Lipinski definition) is 3. The highest BCUT2D eigenvalue weighted by molar-refractivity contribution is 7.10. The third-order valence-corrected chi connectivity index (χ3v) is 4.33. The molecule has 2 atom stereocenters. The molecule has 0 aliphatic heterocycles. The van der Waals surface area contributed by atoms with Gasteiger partial charge in [-0.2, -0.15) is 0 Å². The van der Waals surface area contributed by atoms with Crippen LogP contribution >= 0.6 is 11.3 Å². The van der Waals surface area contributed by atoms with Gasteiger partial charge in [0.2, 0.25) is 0 Å². The van der Waals surface area contributed by atoms with Gasteiger partial charge < -0.3 is 11.5 Å². The Hall–Kier alpha value is -1.16. The predicted molar refractivity (Wildman–Crippen MR) is 74.0 cm³/mol. The minimum atomic E-state index is -0.545. The lowest BCUT2D eigenvalue weighted by Crippen LogP contribution is -2.43. The average Bonchev–Trinajstić information content (AvgIpc) is 2.75. The SMILES string of the molecule is Cc1ccsc1C(N)C(C)(N)c1ccccc1. The van der Waals surface area contributed by atoms with Crippen molar-refractivity contribution in [2.24, 2.45) is 11.5 Å². The molecule has 1 heterocycles. The van der Waals surface area contributed by atoms with Gasteiger partial charge >= 0.3 is 0 Å². The highest BCUT2D eigenvalue weighted by Crippen LogP contribution is 2.34. The van der Waals surface area contributed by atoms with E-state index in [1.54, 1.807) is 11.3 Å². The first-order valence-corrected chi connectivity index (χ1v) is 6.55. The van der Waals surface area contributed by atoms with E-state index in [0.717, 1.165) is 5.56 Å². The summed E-state index contributed by atoms with van der Waals surface area (Å²) in [5.74, 6) is 0. The Bertz CT molecular complexity index is 488. The Labute approximate surface area is 106 Å². The van der Waals surface area contributed by atoms with E-state index in [9.17, 15) is 0 Å². The van der Waals surface area contributed by atoms with Crippen LogP contribution in [-0.2, 0) is 5.54 Å². The lowest BCUT2D eigenvalue weighted by atomic mass is 9.84. The van der Waals surface area contributed by atoms with Crippen LogP contribution in [0.2, 0.25) is 0 Å². The van der Waals surface area contributed by atoms with Gasteiger partial charge in [-0.3, -0.25) is 0 Å². The molecule has 0 radical (unpaired) electrons. The van der Waals surface area contributed by atoms with Gasteiger partial charge in [-0.15, -0.1) is 11.3 Å². The minimum absolute atomic E-state index is 0.176. The molecule has 1 aromatic carbocycles. The topological polar surface area (TPSA) is 52.0 Å². The van der Waals surface area contributed by atoms with Crippen LogP contribution in [0.4, 0.5) is 0 Å². The van der Waals surface area contributed by atoms with E-state index in [1.165, 1.54) is 10.4 Å². The normalized spacial score (nSPS) is 16.5. The van der Waals surface area contributed by atoms with Crippen molar-refractivity contribution in [1.29, 1.82) is 0 Å². The fourth-order valence-corrected chi connectivity index (χ4v) is 3.02. The number of benzene rings is 1. The molecule has 0 saturated carbocycles. The van der Waals surface area contributed by atoms with Crippen molar-refractivity contribution >= 4 is 11.3 Å². The Morgan fingerprint density at radius 3 is 2.35 bits per heavy atom. The third-order valence-electron chi connectivity index (χ3n) is 3.23. The third kappa shape index (κ3) is 2.27. The minimum Gasteiger partial charge on any atom is -0.321 e. The van der Waals surface area contributed by atoms with Gasteiger partial charge in [0.05, 0.1) is 11.6 Å². The molecule has 0 aliphatic rings. The van der Waals surface area contributed by atoms with E-state index in [2.05, 4.69) is 18.4 Å². The number of thiophene rings is 1. The first kappa shape index (κ1) is 12.3. The first-order valence-electron chi connectivity index (χ1n) is 5.67. The van der Waals surface area contributed by atoms with Gasteiger partial charge in [-0.05, 0) is 36.4 Å². The second kappa shape index (κ2) is 4.61. The summed E-state index contributed by atoms with van der Waals surface area (Å²) in [6.45, 7) is 4.07. The predicted octanol–water partition coefficient (Wildman–Crippen LogP) is 2.93. The average molecular weight is 246 g/mol. The molecule has 0 amide bonds. The van der Waals surface area contributed by atoms with E-state index < -0.39 is 5.54 Å². The number of nitrogens with two attached hydrogens (primary N) is 2. The molecule has 90 valence electrons. The summed E-state index contributed by atoms with van der Waals surface area (Å²) in [4.78, 5) is 1.17. The van der Waals surface area contributed by atoms with Crippen molar-refractivity contribution in [1.82, 2.24) is 0 Å². The molecule has 2 aromatic rings. The van der Waals surface area contributed by atoms with Gasteiger partial charge in [0, 0.05) is 4.88 Å². The standard InChI is InChI=1S/C14H18N2S/c1-10-8-9-17-12(10)13(15)14(2,16)11-6-4-3-5-7-11/h3-9,13H,15-16H2,1-2H3. The zero-order chi connectivity index (χ0) is 12.5. The molecule has 4 N–H and O–H groups in total. The van der Waals surface area contributed by atoms with Crippen molar-refractivity contribution in [3.63, 3.8) is 0 Å². The van der Waals surface area contributed by atoms with Crippen molar-refractivity contribution in [2.45, 2.75) is 25.4 Å². The summed E-state index contributed by atoms with van der Waals surface area (Å²) in [5.41, 5.74) is 14.5. The van der Waals surface area contributed by atoms with Crippen LogP contribution in [0.1, 0.15) is 29.0 Å². The van der Waals surface area contributed by atoms with Gasteiger partial charge in [-0.25, -0.2) is 0 Å². The Kier molecular flexibility index (Phi) is 3.33. The second-order valence-corrected chi connectivity index (χ2v) is 5.54. The molecule has 0 saturated heterocycles. The highest BCUT2D eigenvalue weighted by atomic mass is 32.1. The van der Waals surface area contributed by atoms with E-state index in [0.29, 0.717) is 0 Å². The monoisotopic (exact) mass is 246 g/mol. The van der Waals surface area contributed by atoms with Crippen molar-refractivity contribution in [3.05, 3.63) is 57.8 Å². The van der Waals surface area contributed by atoms with Crippen molar-refractivity contribution < 1.29 is 0 Å². The van der Waals surface area contributed by atoms with Gasteiger partial charge in [0.1, 0.15) is 0 Å². The maximum atomic E-state index is 6.42. The molecule has 2 rings (SSSR count). The maximum absolute atomic E-state index is 6.42. The Morgan fingerprint density at radius 2 is 1.82 bits per heavy atom. The van der Waals surface area contributed by atoms with Gasteiger partial charge in [-0.1, -0.05) is 30.3 Å². The fourth-order valence-electron chi connectivity index (χ4n) is 1.95. The van der Waals surface area contributed by atoms with Crippen LogP contribution in [0.3, 0.4) is 0 Å². The lowest BCUT2D eigenvalue weighted by molar-refractivity contribution is 0.401. The molecule has 1 aromatic heterocycles. The summed E-state index contributed by atoms with van der Waals surface area (Å²) >= 11 is 1.67. The molecule has 0 bridgehead atoms. The van der Waals surface area contributed by atoms with Crippen molar-refractivity contribution in [3.8, 4) is 0 Å². The number of hydrogen-bond donors (Lipinski definition) is 2. The van der Waals surface area contributed by atoms with Crippen molar-refractivity contribution in [2.75, 3.05) is 0 Å². The molecular weight excluding hydrogens is 228 g/mol. The molecule has 17 heavy (non-hydrogen) atoms. The van der Waals surface area contributed by atoms with Crippen LogP contribution in [-0.4, -0.2) is 0 Å². The van der Waals surface area contributed by atoms with Crippen LogP contribution < -0.4 is 11.5 Å². The maximum Gasteiger partial charge on any atom is 0.0614 e. The molecule has 0 spiro atoms. The Balaban J connectivity index is 2.37.